The van der Waals surface area contributed by atoms with Crippen molar-refractivity contribution in [2.45, 2.75) is 25.2 Å². The van der Waals surface area contributed by atoms with E-state index in [9.17, 15) is 9.18 Å². The largest absolute Gasteiger partial charge is 0.384 e. The summed E-state index contributed by atoms with van der Waals surface area (Å²) in [6, 6.07) is 6.82. The molecule has 0 atom stereocenters. The number of amides is 1. The summed E-state index contributed by atoms with van der Waals surface area (Å²) in [5.74, 6) is 0.465. The van der Waals surface area contributed by atoms with Gasteiger partial charge in [0.1, 0.15) is 23.8 Å². The zero-order valence-electron chi connectivity index (χ0n) is 21.4. The molecule has 3 heterocycles. The molecule has 11 heteroatoms. The normalized spacial score (nSPS) is 14.3. The molecule has 1 aliphatic rings. The van der Waals surface area contributed by atoms with E-state index in [2.05, 4.69) is 25.0 Å². The van der Waals surface area contributed by atoms with Crippen molar-refractivity contribution < 1.29 is 22.8 Å². The summed E-state index contributed by atoms with van der Waals surface area (Å²) in [6.07, 6.45) is 3.52. The summed E-state index contributed by atoms with van der Waals surface area (Å²) in [4.78, 5) is 29.0. The number of fused-ring (bicyclic) bond motifs is 1. The maximum absolute atomic E-state index is 15.2. The number of carbonyl (C=O) groups is 1. The average molecular weight is 523 g/mol. The van der Waals surface area contributed by atoms with E-state index in [1.165, 1.54) is 41.6 Å². The zero-order valence-corrected chi connectivity index (χ0v) is 21.4. The lowest BCUT2D eigenvalue weighted by atomic mass is 9.96. The van der Waals surface area contributed by atoms with Crippen LogP contribution in [0, 0.1) is 11.6 Å². The van der Waals surface area contributed by atoms with E-state index < -0.39 is 11.6 Å². The molecule has 0 N–H and O–H groups in total. The predicted molar refractivity (Wildman–Crippen MR) is 137 cm³/mol. The van der Waals surface area contributed by atoms with Crippen LogP contribution in [0.15, 0.2) is 41.2 Å². The van der Waals surface area contributed by atoms with Gasteiger partial charge in [-0.15, -0.1) is 0 Å². The number of carbonyl (C=O) groups excluding carboxylic acids is 1. The molecule has 0 radical (unpaired) electrons. The summed E-state index contributed by atoms with van der Waals surface area (Å²) in [7, 11) is 4.82. The number of rotatable bonds is 7. The van der Waals surface area contributed by atoms with Gasteiger partial charge in [-0.3, -0.25) is 4.79 Å². The quantitative estimate of drug-likeness (QED) is 0.356. The van der Waals surface area contributed by atoms with Crippen molar-refractivity contribution in [2.75, 3.05) is 45.8 Å². The van der Waals surface area contributed by atoms with E-state index in [1.54, 1.807) is 21.2 Å². The Morgan fingerprint density at radius 2 is 1.92 bits per heavy atom. The third-order valence-corrected chi connectivity index (χ3v) is 6.75. The van der Waals surface area contributed by atoms with Crippen LogP contribution in [0.1, 0.15) is 40.8 Å². The fourth-order valence-corrected chi connectivity index (χ4v) is 4.77. The highest BCUT2D eigenvalue weighted by Gasteiger charge is 2.27. The molecular weight excluding hydrogens is 494 g/mol. The summed E-state index contributed by atoms with van der Waals surface area (Å²) in [5, 5.41) is 4.53. The second kappa shape index (κ2) is 10.8. The van der Waals surface area contributed by atoms with Gasteiger partial charge in [0.2, 0.25) is 5.89 Å². The molecule has 1 amide bonds. The minimum atomic E-state index is -0.630. The van der Waals surface area contributed by atoms with Crippen LogP contribution in [0.5, 0.6) is 0 Å². The van der Waals surface area contributed by atoms with Gasteiger partial charge in [0.05, 0.1) is 12.1 Å². The average Bonchev–Trinajstić information content (AvgIpc) is 3.40. The van der Waals surface area contributed by atoms with Crippen molar-refractivity contribution in [3.8, 4) is 11.1 Å². The van der Waals surface area contributed by atoms with Crippen LogP contribution < -0.4 is 4.90 Å². The van der Waals surface area contributed by atoms with Gasteiger partial charge in [0.15, 0.2) is 5.82 Å². The Labute approximate surface area is 218 Å². The van der Waals surface area contributed by atoms with Crippen molar-refractivity contribution >= 4 is 22.6 Å². The summed E-state index contributed by atoms with van der Waals surface area (Å²) in [6.45, 7) is 1.82. The van der Waals surface area contributed by atoms with Crippen molar-refractivity contribution in [3.63, 3.8) is 0 Å². The number of anilines is 1. The Morgan fingerprint density at radius 1 is 1.13 bits per heavy atom. The Balaban J connectivity index is 1.42. The Kier molecular flexibility index (Phi) is 7.28. The van der Waals surface area contributed by atoms with Crippen LogP contribution in [-0.4, -0.2) is 71.8 Å². The smallest absolute Gasteiger partial charge is 0.253 e. The fourth-order valence-electron chi connectivity index (χ4n) is 4.77. The molecule has 2 aromatic heterocycles. The van der Waals surface area contributed by atoms with Gasteiger partial charge in [0, 0.05) is 68.7 Å². The Morgan fingerprint density at radius 3 is 2.63 bits per heavy atom. The molecule has 9 nitrogen and oxygen atoms in total. The molecule has 0 bridgehead atoms. The first kappa shape index (κ1) is 25.7. The lowest BCUT2D eigenvalue weighted by Gasteiger charge is -2.32. The first-order valence-corrected chi connectivity index (χ1v) is 12.4. The third-order valence-electron chi connectivity index (χ3n) is 6.75. The molecule has 1 fully saturated rings. The standard InChI is InChI=1S/C27H28F2N6O3/c1-34(2)27(36)17-4-5-19(22(29)12-17)20-13-18(28)14-21-24(20)30-15-31-25(21)35-9-6-16(7-10-35)26-32-23(33-38-26)8-11-37-3/h4-5,12-16H,6-11H2,1-3H3. The van der Waals surface area contributed by atoms with E-state index >= 15 is 4.39 Å². The van der Waals surface area contributed by atoms with Crippen molar-refractivity contribution in [2.24, 2.45) is 0 Å². The number of aromatic nitrogens is 4. The first-order chi connectivity index (χ1) is 18.4. The van der Waals surface area contributed by atoms with E-state index in [0.717, 1.165) is 12.8 Å². The molecule has 2 aromatic carbocycles. The minimum absolute atomic E-state index is 0.118. The molecule has 0 saturated carbocycles. The second-order valence-corrected chi connectivity index (χ2v) is 9.49. The Bertz CT molecular complexity index is 1470. The number of hydrogen-bond donors (Lipinski definition) is 0. The van der Waals surface area contributed by atoms with Gasteiger partial charge >= 0.3 is 0 Å². The van der Waals surface area contributed by atoms with Gasteiger partial charge in [-0.25, -0.2) is 18.7 Å². The van der Waals surface area contributed by atoms with Gasteiger partial charge in [0.25, 0.3) is 5.91 Å². The SMILES string of the molecule is COCCc1noc(C2CCN(c3ncnc4c(-c5ccc(C(=O)N(C)C)cc5F)cc(F)cc34)CC2)n1. The summed E-state index contributed by atoms with van der Waals surface area (Å²) in [5.41, 5.74) is 1.11. The number of halogens is 2. The zero-order chi connectivity index (χ0) is 26.8. The molecule has 0 spiro atoms. The fraction of sp³-hybridized carbons (Fsp3) is 0.370. The second-order valence-electron chi connectivity index (χ2n) is 9.49. The summed E-state index contributed by atoms with van der Waals surface area (Å²) >= 11 is 0. The highest BCUT2D eigenvalue weighted by molar-refractivity contribution is 6.00. The molecule has 5 rings (SSSR count). The maximum Gasteiger partial charge on any atom is 0.253 e. The Hall–Kier alpha value is -3.99. The third kappa shape index (κ3) is 5.06. The van der Waals surface area contributed by atoms with Crippen LogP contribution >= 0.6 is 0 Å². The van der Waals surface area contributed by atoms with E-state index in [1.807, 2.05) is 0 Å². The van der Waals surface area contributed by atoms with Crippen LogP contribution in [0.4, 0.5) is 14.6 Å². The van der Waals surface area contributed by atoms with Crippen LogP contribution in [-0.2, 0) is 11.2 Å². The molecule has 0 aliphatic carbocycles. The topological polar surface area (TPSA) is 97.5 Å². The monoisotopic (exact) mass is 522 g/mol. The van der Waals surface area contributed by atoms with Gasteiger partial charge in [-0.05, 0) is 37.1 Å². The number of benzene rings is 2. The molecule has 38 heavy (non-hydrogen) atoms. The van der Waals surface area contributed by atoms with Gasteiger partial charge in [-0.1, -0.05) is 11.2 Å². The lowest BCUT2D eigenvalue weighted by molar-refractivity contribution is 0.0827. The predicted octanol–water partition coefficient (Wildman–Crippen LogP) is 4.23. The number of nitrogens with zero attached hydrogens (tertiary/aromatic N) is 6. The van der Waals surface area contributed by atoms with Gasteiger partial charge < -0.3 is 19.1 Å². The minimum Gasteiger partial charge on any atom is -0.384 e. The molecule has 1 aliphatic heterocycles. The number of hydrogen-bond acceptors (Lipinski definition) is 8. The summed E-state index contributed by atoms with van der Waals surface area (Å²) < 4.78 is 40.6. The van der Waals surface area contributed by atoms with Gasteiger partial charge in [-0.2, -0.15) is 4.98 Å². The highest BCUT2D eigenvalue weighted by atomic mass is 19.1. The van der Waals surface area contributed by atoms with Crippen LogP contribution in [0.3, 0.4) is 0 Å². The first-order valence-electron chi connectivity index (χ1n) is 12.4. The lowest BCUT2D eigenvalue weighted by Crippen LogP contribution is -2.33. The van der Waals surface area contributed by atoms with Crippen molar-refractivity contribution in [1.82, 2.24) is 25.0 Å². The maximum atomic E-state index is 15.2. The number of ether oxygens (including phenoxy) is 1. The number of piperidine rings is 1. The molecular formula is C27H28F2N6O3. The van der Waals surface area contributed by atoms with Crippen molar-refractivity contribution in [3.05, 3.63) is 65.6 Å². The van der Waals surface area contributed by atoms with E-state index in [0.29, 0.717) is 60.1 Å². The molecule has 1 saturated heterocycles. The molecule has 4 aromatic rings. The van der Waals surface area contributed by atoms with Crippen molar-refractivity contribution in [1.29, 1.82) is 0 Å². The molecule has 0 unspecified atom stereocenters. The van der Waals surface area contributed by atoms with E-state index in [4.69, 9.17) is 9.26 Å². The molecule has 198 valence electrons. The number of methoxy groups -OCH3 is 1. The van der Waals surface area contributed by atoms with Crippen LogP contribution in [0.2, 0.25) is 0 Å². The van der Waals surface area contributed by atoms with Crippen LogP contribution in [0.25, 0.3) is 22.0 Å². The highest BCUT2D eigenvalue weighted by Crippen LogP contribution is 2.36. The van der Waals surface area contributed by atoms with E-state index in [-0.39, 0.29) is 23.0 Å².